The summed E-state index contributed by atoms with van der Waals surface area (Å²) in [5.74, 6) is -0.685. The van der Waals surface area contributed by atoms with Gasteiger partial charge in [0.05, 0.1) is 18.8 Å². The molecule has 2 aliphatic rings. The molecule has 2 atom stereocenters. The normalized spacial score (nSPS) is 22.7. The Morgan fingerprint density at radius 3 is 2.52 bits per heavy atom. The van der Waals surface area contributed by atoms with E-state index in [0.29, 0.717) is 23.3 Å². The third-order valence-electron chi connectivity index (χ3n) is 5.65. The SMILES string of the molecule is Cc1ccc2c3c(ccc2c1C)C(=O)C1=C(OC[C@@H](C)[C@@H]1CO)C3=O. The Morgan fingerprint density at radius 1 is 1.08 bits per heavy atom. The molecule has 1 heterocycles. The van der Waals surface area contributed by atoms with Crippen LogP contribution in [0.15, 0.2) is 35.6 Å². The number of carbonyl (C=O) groups is 2. The fourth-order valence-electron chi connectivity index (χ4n) is 3.95. The van der Waals surface area contributed by atoms with Gasteiger partial charge in [-0.1, -0.05) is 25.1 Å². The number of fused-ring (bicyclic) bond motifs is 3. The minimum atomic E-state index is -0.358. The topological polar surface area (TPSA) is 63.6 Å². The summed E-state index contributed by atoms with van der Waals surface area (Å²) in [4.78, 5) is 26.3. The second kappa shape index (κ2) is 5.53. The van der Waals surface area contributed by atoms with E-state index < -0.39 is 0 Å². The van der Waals surface area contributed by atoms with Crippen molar-refractivity contribution in [3.8, 4) is 0 Å². The Balaban J connectivity index is 2.01. The van der Waals surface area contributed by atoms with E-state index in [9.17, 15) is 14.7 Å². The third kappa shape index (κ3) is 2.10. The summed E-state index contributed by atoms with van der Waals surface area (Å²) in [6.07, 6.45) is 0. The number of hydrogen-bond donors (Lipinski definition) is 1. The summed E-state index contributed by atoms with van der Waals surface area (Å²) in [6.45, 7) is 6.14. The summed E-state index contributed by atoms with van der Waals surface area (Å²) < 4.78 is 5.67. The lowest BCUT2D eigenvalue weighted by molar-refractivity contribution is 0.0612. The number of ether oxygens (including phenoxy) is 1. The van der Waals surface area contributed by atoms with Gasteiger partial charge in [0.25, 0.3) is 0 Å². The first-order valence-corrected chi connectivity index (χ1v) is 8.55. The van der Waals surface area contributed by atoms with Gasteiger partial charge in [-0.3, -0.25) is 9.59 Å². The fraction of sp³-hybridized carbons (Fsp3) is 0.333. The first-order chi connectivity index (χ1) is 12.0. The van der Waals surface area contributed by atoms with Gasteiger partial charge >= 0.3 is 0 Å². The molecule has 0 bridgehead atoms. The van der Waals surface area contributed by atoms with Crippen molar-refractivity contribution >= 4 is 22.3 Å². The van der Waals surface area contributed by atoms with Crippen LogP contribution in [0.5, 0.6) is 0 Å². The highest BCUT2D eigenvalue weighted by molar-refractivity contribution is 6.30. The number of aliphatic hydroxyl groups is 1. The van der Waals surface area contributed by atoms with Crippen molar-refractivity contribution in [2.24, 2.45) is 11.8 Å². The third-order valence-corrected chi connectivity index (χ3v) is 5.65. The van der Waals surface area contributed by atoms with Crippen LogP contribution < -0.4 is 0 Å². The number of rotatable bonds is 1. The lowest BCUT2D eigenvalue weighted by atomic mass is 9.75. The van der Waals surface area contributed by atoms with Gasteiger partial charge in [-0.2, -0.15) is 0 Å². The van der Waals surface area contributed by atoms with Gasteiger partial charge in [-0.25, -0.2) is 0 Å². The van der Waals surface area contributed by atoms with Crippen molar-refractivity contribution in [3.05, 3.63) is 57.9 Å². The second-order valence-corrected chi connectivity index (χ2v) is 7.07. The van der Waals surface area contributed by atoms with Gasteiger partial charge in [0.2, 0.25) is 5.78 Å². The summed E-state index contributed by atoms with van der Waals surface area (Å²) in [6, 6.07) is 7.53. The Hall–Kier alpha value is -2.46. The standard InChI is InChI=1S/C21H20O4/c1-10-4-5-14-13(12(10)3)6-7-15-17(14)20(24)21-18(19(15)23)16(8-22)11(2)9-25-21/h4-7,11,16,22H,8-9H2,1-3H3/t11-,16+/m1/s1. The van der Waals surface area contributed by atoms with E-state index in [1.54, 1.807) is 6.07 Å². The maximum Gasteiger partial charge on any atom is 0.229 e. The molecule has 1 N–H and O–H groups in total. The summed E-state index contributed by atoms with van der Waals surface area (Å²) in [5.41, 5.74) is 3.42. The van der Waals surface area contributed by atoms with Gasteiger partial charge in [0.1, 0.15) is 0 Å². The van der Waals surface area contributed by atoms with Crippen LogP contribution in [-0.2, 0) is 4.74 Å². The Labute approximate surface area is 146 Å². The molecule has 0 fully saturated rings. The van der Waals surface area contributed by atoms with E-state index in [1.807, 2.05) is 39.0 Å². The number of aryl methyl sites for hydroxylation is 2. The number of Topliss-reactive ketones (excluding diaryl/α,β-unsaturated/α-hetero) is 2. The predicted molar refractivity (Wildman–Crippen MR) is 94.8 cm³/mol. The van der Waals surface area contributed by atoms with Crippen molar-refractivity contribution in [1.29, 1.82) is 0 Å². The van der Waals surface area contributed by atoms with Crippen molar-refractivity contribution in [2.75, 3.05) is 13.2 Å². The molecule has 0 saturated heterocycles. The number of hydrogen-bond acceptors (Lipinski definition) is 4. The first-order valence-electron chi connectivity index (χ1n) is 8.55. The van der Waals surface area contributed by atoms with E-state index in [0.717, 1.165) is 21.9 Å². The largest absolute Gasteiger partial charge is 0.489 e. The molecule has 0 saturated carbocycles. The van der Waals surface area contributed by atoms with Crippen LogP contribution in [-0.4, -0.2) is 29.9 Å². The Morgan fingerprint density at radius 2 is 1.80 bits per heavy atom. The van der Waals surface area contributed by atoms with Gasteiger partial charge in [-0.05, 0) is 47.7 Å². The zero-order valence-electron chi connectivity index (χ0n) is 14.6. The second-order valence-electron chi connectivity index (χ2n) is 7.07. The number of ketones is 2. The van der Waals surface area contributed by atoms with Crippen LogP contribution in [0.4, 0.5) is 0 Å². The maximum atomic E-state index is 13.2. The van der Waals surface area contributed by atoms with Gasteiger partial charge < -0.3 is 9.84 Å². The first kappa shape index (κ1) is 16.0. The quantitative estimate of drug-likeness (QED) is 0.867. The highest BCUT2D eigenvalue weighted by Gasteiger charge is 2.42. The Bertz CT molecular complexity index is 968. The highest BCUT2D eigenvalue weighted by Crippen LogP contribution is 2.40. The summed E-state index contributed by atoms with van der Waals surface area (Å²) in [5, 5.41) is 11.5. The summed E-state index contributed by atoms with van der Waals surface area (Å²) >= 11 is 0. The summed E-state index contributed by atoms with van der Waals surface area (Å²) in [7, 11) is 0. The van der Waals surface area contributed by atoms with Crippen LogP contribution in [0.2, 0.25) is 0 Å². The lowest BCUT2D eigenvalue weighted by Crippen LogP contribution is -2.37. The van der Waals surface area contributed by atoms with Crippen molar-refractivity contribution in [2.45, 2.75) is 20.8 Å². The predicted octanol–water partition coefficient (Wildman–Crippen LogP) is 3.36. The van der Waals surface area contributed by atoms with Gasteiger partial charge in [-0.15, -0.1) is 0 Å². The van der Waals surface area contributed by atoms with Crippen LogP contribution in [0.3, 0.4) is 0 Å². The number of carbonyl (C=O) groups excluding carboxylic acids is 2. The average molecular weight is 336 g/mol. The number of aliphatic hydroxyl groups excluding tert-OH is 1. The van der Waals surface area contributed by atoms with E-state index in [4.69, 9.17) is 4.74 Å². The lowest BCUT2D eigenvalue weighted by Gasteiger charge is -2.34. The monoisotopic (exact) mass is 336 g/mol. The molecule has 1 aliphatic carbocycles. The van der Waals surface area contributed by atoms with Crippen molar-refractivity contribution < 1.29 is 19.4 Å². The van der Waals surface area contributed by atoms with E-state index in [1.165, 1.54) is 0 Å². The molecule has 25 heavy (non-hydrogen) atoms. The minimum absolute atomic E-state index is 0.00704. The molecule has 128 valence electrons. The molecule has 4 nitrogen and oxygen atoms in total. The van der Waals surface area contributed by atoms with E-state index >= 15 is 0 Å². The van der Waals surface area contributed by atoms with Crippen LogP contribution in [0.1, 0.15) is 38.8 Å². The molecule has 0 radical (unpaired) electrons. The van der Waals surface area contributed by atoms with Gasteiger partial charge in [0, 0.05) is 17.0 Å². The molecular weight excluding hydrogens is 316 g/mol. The number of allylic oxidation sites excluding steroid dienone is 1. The van der Waals surface area contributed by atoms with E-state index in [2.05, 4.69) is 0 Å². The Kier molecular flexibility index (Phi) is 3.55. The molecule has 2 aromatic carbocycles. The fourth-order valence-corrected chi connectivity index (χ4v) is 3.95. The minimum Gasteiger partial charge on any atom is -0.489 e. The van der Waals surface area contributed by atoms with E-state index in [-0.39, 0.29) is 35.8 Å². The van der Waals surface area contributed by atoms with Gasteiger partial charge in [0.15, 0.2) is 11.5 Å². The molecule has 0 aromatic heterocycles. The van der Waals surface area contributed by atoms with Crippen LogP contribution in [0.25, 0.3) is 10.8 Å². The highest BCUT2D eigenvalue weighted by atomic mass is 16.5. The zero-order valence-corrected chi connectivity index (χ0v) is 14.6. The molecule has 0 spiro atoms. The molecule has 4 rings (SSSR count). The van der Waals surface area contributed by atoms with Crippen molar-refractivity contribution in [1.82, 2.24) is 0 Å². The molecule has 1 aliphatic heterocycles. The van der Waals surface area contributed by atoms with Crippen LogP contribution >= 0.6 is 0 Å². The molecule has 0 unspecified atom stereocenters. The number of benzene rings is 2. The average Bonchev–Trinajstić information content (AvgIpc) is 2.61. The maximum absolute atomic E-state index is 13.2. The zero-order chi connectivity index (χ0) is 17.9. The molecular formula is C21H20O4. The van der Waals surface area contributed by atoms with Crippen LogP contribution in [0, 0.1) is 25.7 Å². The molecule has 4 heteroatoms. The molecule has 2 aromatic rings. The molecule has 0 amide bonds. The smallest absolute Gasteiger partial charge is 0.229 e. The van der Waals surface area contributed by atoms with Crippen molar-refractivity contribution in [3.63, 3.8) is 0 Å².